The second-order valence-corrected chi connectivity index (χ2v) is 6.44. The predicted octanol–water partition coefficient (Wildman–Crippen LogP) is 5.12. The lowest BCUT2D eigenvalue weighted by molar-refractivity contribution is 0.0448. The topological polar surface area (TPSA) is 46.5 Å². The summed E-state index contributed by atoms with van der Waals surface area (Å²) < 4.78 is 3.03. The summed E-state index contributed by atoms with van der Waals surface area (Å²) >= 11 is 24.3. The molecule has 108 valence electrons. The lowest BCUT2D eigenvalue weighted by Crippen LogP contribution is -2.09. The van der Waals surface area contributed by atoms with Gasteiger partial charge in [-0.25, -0.2) is 4.79 Å². The maximum atomic E-state index is 11.8. The van der Waals surface area contributed by atoms with Crippen molar-refractivity contribution in [3.05, 3.63) is 51.5 Å². The third-order valence-corrected chi connectivity index (χ3v) is 4.52. The Morgan fingerprint density at radius 2 is 1.62 bits per heavy atom. The van der Waals surface area contributed by atoms with Crippen LogP contribution in [0.15, 0.2) is 30.3 Å². The highest BCUT2D eigenvalue weighted by atomic mass is 35.5. The van der Waals surface area contributed by atoms with Gasteiger partial charge >= 0.3 is 5.97 Å². The molecule has 0 aromatic heterocycles. The van der Waals surface area contributed by atoms with E-state index < -0.39 is 10.5 Å². The van der Waals surface area contributed by atoms with Crippen LogP contribution in [0.25, 0.3) is 11.1 Å². The van der Waals surface area contributed by atoms with Crippen LogP contribution in [0, 0.1) is 0 Å². The molecule has 0 bridgehead atoms. The molecule has 0 saturated heterocycles. The van der Waals surface area contributed by atoms with Crippen LogP contribution >= 0.6 is 46.4 Å². The van der Waals surface area contributed by atoms with E-state index in [0.717, 1.165) is 0 Å². The summed E-state index contributed by atoms with van der Waals surface area (Å²) in [7, 11) is 0. The number of ether oxygens (including phenoxy) is 1. The van der Waals surface area contributed by atoms with E-state index in [0.29, 0.717) is 11.1 Å². The van der Waals surface area contributed by atoms with Crippen molar-refractivity contribution in [2.45, 2.75) is 4.52 Å². The number of benzene rings is 2. The standard InChI is InChI=1S/C14H6Cl4O3/c15-11-8(6-1-3-7(19)4-2-6)5-9-10(12(11)16)14(17,18)21-13(9)20/h1-5,19H. The Balaban J connectivity index is 2.27. The summed E-state index contributed by atoms with van der Waals surface area (Å²) in [5, 5.41) is 9.59. The molecule has 0 saturated carbocycles. The molecule has 0 unspecified atom stereocenters. The molecule has 21 heavy (non-hydrogen) atoms. The van der Waals surface area contributed by atoms with Gasteiger partial charge in [0.1, 0.15) is 5.75 Å². The summed E-state index contributed by atoms with van der Waals surface area (Å²) in [5.74, 6) is -0.560. The number of alkyl halides is 2. The Labute approximate surface area is 139 Å². The highest BCUT2D eigenvalue weighted by molar-refractivity contribution is 6.52. The average molecular weight is 364 g/mol. The zero-order valence-corrected chi connectivity index (χ0v) is 13.2. The van der Waals surface area contributed by atoms with Crippen molar-refractivity contribution >= 4 is 52.4 Å². The lowest BCUT2D eigenvalue weighted by atomic mass is 10.00. The number of cyclic esters (lactones) is 1. The van der Waals surface area contributed by atoms with Gasteiger partial charge in [0.25, 0.3) is 4.52 Å². The molecule has 3 nitrogen and oxygen atoms in total. The van der Waals surface area contributed by atoms with Crippen LogP contribution in [0.2, 0.25) is 10.0 Å². The third-order valence-electron chi connectivity index (χ3n) is 3.12. The highest BCUT2D eigenvalue weighted by Gasteiger charge is 2.45. The zero-order chi connectivity index (χ0) is 15.4. The van der Waals surface area contributed by atoms with Gasteiger partial charge in [0.2, 0.25) is 0 Å². The molecule has 1 N–H and O–H groups in total. The van der Waals surface area contributed by atoms with E-state index in [4.69, 9.17) is 51.1 Å². The summed E-state index contributed by atoms with van der Waals surface area (Å²) in [6.45, 7) is 0. The van der Waals surface area contributed by atoms with Crippen molar-refractivity contribution in [3.63, 3.8) is 0 Å². The first-order valence-corrected chi connectivity index (χ1v) is 7.25. The molecule has 2 aromatic rings. The molecule has 0 fully saturated rings. The fourth-order valence-electron chi connectivity index (χ4n) is 2.15. The molecule has 3 rings (SSSR count). The van der Waals surface area contributed by atoms with Gasteiger partial charge in [0.05, 0.1) is 21.2 Å². The molecule has 1 aliphatic heterocycles. The van der Waals surface area contributed by atoms with Crippen molar-refractivity contribution in [3.8, 4) is 16.9 Å². The van der Waals surface area contributed by atoms with Crippen LogP contribution in [0.5, 0.6) is 5.75 Å². The normalized spacial score (nSPS) is 15.7. The first-order chi connectivity index (χ1) is 9.81. The first-order valence-electron chi connectivity index (χ1n) is 5.74. The van der Waals surface area contributed by atoms with E-state index >= 15 is 0 Å². The van der Waals surface area contributed by atoms with Crippen molar-refractivity contribution in [1.82, 2.24) is 0 Å². The number of aromatic hydroxyl groups is 1. The summed E-state index contributed by atoms with van der Waals surface area (Å²) in [6, 6.07) is 7.81. The Hall–Kier alpha value is -1.13. The van der Waals surface area contributed by atoms with Crippen LogP contribution in [0.1, 0.15) is 15.9 Å². The van der Waals surface area contributed by atoms with E-state index in [2.05, 4.69) is 0 Å². The quantitative estimate of drug-likeness (QED) is 0.564. The monoisotopic (exact) mass is 362 g/mol. The van der Waals surface area contributed by atoms with E-state index in [1.807, 2.05) is 0 Å². The SMILES string of the molecule is O=C1OC(Cl)(Cl)c2c1cc(-c1ccc(O)cc1)c(Cl)c2Cl. The van der Waals surface area contributed by atoms with E-state index in [-0.39, 0.29) is 26.9 Å². The fourth-order valence-corrected chi connectivity index (χ4v) is 3.37. The molecule has 0 atom stereocenters. The van der Waals surface area contributed by atoms with Crippen LogP contribution in [0.3, 0.4) is 0 Å². The minimum absolute atomic E-state index is 0.0630. The number of carbonyl (C=O) groups excluding carboxylic acids is 1. The molecule has 0 amide bonds. The van der Waals surface area contributed by atoms with Gasteiger partial charge in [-0.2, -0.15) is 0 Å². The number of fused-ring (bicyclic) bond motifs is 1. The number of hydrogen-bond donors (Lipinski definition) is 1. The largest absolute Gasteiger partial charge is 0.508 e. The molecule has 0 aliphatic carbocycles. The van der Waals surface area contributed by atoms with E-state index in [1.165, 1.54) is 18.2 Å². The zero-order valence-electron chi connectivity index (χ0n) is 10.2. The van der Waals surface area contributed by atoms with Gasteiger partial charge in [0, 0.05) is 5.56 Å². The Morgan fingerprint density at radius 3 is 2.24 bits per heavy atom. The molecule has 1 heterocycles. The molecule has 0 radical (unpaired) electrons. The number of hydrogen-bond acceptors (Lipinski definition) is 3. The first kappa shape index (κ1) is 14.8. The number of halogens is 4. The molecule has 2 aromatic carbocycles. The van der Waals surface area contributed by atoms with E-state index in [9.17, 15) is 9.90 Å². The smallest absolute Gasteiger partial charge is 0.341 e. The van der Waals surface area contributed by atoms with Gasteiger partial charge in [0.15, 0.2) is 0 Å². The van der Waals surface area contributed by atoms with Crippen LogP contribution in [0.4, 0.5) is 0 Å². The van der Waals surface area contributed by atoms with Crippen molar-refractivity contribution < 1.29 is 14.6 Å². The minimum Gasteiger partial charge on any atom is -0.508 e. The maximum Gasteiger partial charge on any atom is 0.341 e. The lowest BCUT2D eigenvalue weighted by Gasteiger charge is -2.15. The van der Waals surface area contributed by atoms with Gasteiger partial charge in [-0.15, -0.1) is 0 Å². The van der Waals surface area contributed by atoms with Crippen LogP contribution < -0.4 is 0 Å². The van der Waals surface area contributed by atoms with Gasteiger partial charge in [-0.1, -0.05) is 58.5 Å². The maximum absolute atomic E-state index is 11.8. The Kier molecular flexibility index (Phi) is 3.49. The van der Waals surface area contributed by atoms with Crippen molar-refractivity contribution in [2.24, 2.45) is 0 Å². The van der Waals surface area contributed by atoms with Crippen molar-refractivity contribution in [2.75, 3.05) is 0 Å². The van der Waals surface area contributed by atoms with Crippen LogP contribution in [-0.4, -0.2) is 11.1 Å². The third kappa shape index (κ3) is 2.34. The molecule has 1 aliphatic rings. The number of esters is 1. The number of phenolic OH excluding ortho intramolecular Hbond substituents is 1. The molecule has 7 heteroatoms. The molecular formula is C14H6Cl4O3. The number of rotatable bonds is 1. The van der Waals surface area contributed by atoms with Gasteiger partial charge in [-0.3, -0.25) is 0 Å². The predicted molar refractivity (Wildman–Crippen MR) is 82.4 cm³/mol. The molecule has 0 spiro atoms. The Morgan fingerprint density at radius 1 is 1.00 bits per heavy atom. The number of carbonyl (C=O) groups is 1. The van der Waals surface area contributed by atoms with Gasteiger partial charge in [-0.05, 0) is 23.8 Å². The second-order valence-electron chi connectivity index (χ2n) is 4.43. The summed E-state index contributed by atoms with van der Waals surface area (Å²) in [4.78, 5) is 11.8. The van der Waals surface area contributed by atoms with Crippen molar-refractivity contribution in [1.29, 1.82) is 0 Å². The van der Waals surface area contributed by atoms with E-state index in [1.54, 1.807) is 12.1 Å². The van der Waals surface area contributed by atoms with Gasteiger partial charge < -0.3 is 9.84 Å². The average Bonchev–Trinajstić information content (AvgIpc) is 2.64. The fraction of sp³-hybridized carbons (Fsp3) is 0.0714. The van der Waals surface area contributed by atoms with Crippen LogP contribution in [-0.2, 0) is 9.26 Å². The molecular weight excluding hydrogens is 358 g/mol. The highest BCUT2D eigenvalue weighted by Crippen LogP contribution is 2.51. The summed E-state index contributed by atoms with van der Waals surface area (Å²) in [6.07, 6.45) is 0. The summed E-state index contributed by atoms with van der Waals surface area (Å²) in [5.41, 5.74) is 1.50. The minimum atomic E-state index is -1.85. The number of phenols is 1. The Bertz CT molecular complexity index is 754. The second kappa shape index (κ2) is 4.96.